The molecule has 0 aliphatic carbocycles. The van der Waals surface area contributed by atoms with Gasteiger partial charge in [0.2, 0.25) is 0 Å². The minimum Gasteiger partial charge on any atom is -0.378 e. The summed E-state index contributed by atoms with van der Waals surface area (Å²) in [4.78, 5) is 27.1. The maximum Gasteiger partial charge on any atom is 0.282 e. The number of nitrogens with zero attached hydrogens (tertiary/aromatic N) is 1. The highest BCUT2D eigenvalue weighted by Gasteiger charge is 2.26. The molecule has 0 bridgehead atoms. The molecule has 1 aliphatic rings. The van der Waals surface area contributed by atoms with Crippen LogP contribution in [0.5, 0.6) is 0 Å². The summed E-state index contributed by atoms with van der Waals surface area (Å²) in [5.74, 6) is -0.0151. The SMILES string of the molecule is C[C@H](C(=O)Nc1ccccc1)[NH+](C)CC(=O)N1CCOCC1. The van der Waals surface area contributed by atoms with Crippen molar-refractivity contribution < 1.29 is 19.2 Å². The van der Waals surface area contributed by atoms with E-state index in [1.54, 1.807) is 4.90 Å². The molecule has 2 atom stereocenters. The lowest BCUT2D eigenvalue weighted by Gasteiger charge is -2.28. The molecule has 1 aromatic rings. The summed E-state index contributed by atoms with van der Waals surface area (Å²) in [6.07, 6.45) is 0. The van der Waals surface area contributed by atoms with Crippen LogP contribution in [0, 0.1) is 0 Å². The summed E-state index contributed by atoms with van der Waals surface area (Å²) in [6, 6.07) is 9.04. The topological polar surface area (TPSA) is 63.1 Å². The van der Waals surface area contributed by atoms with Gasteiger partial charge in [0.1, 0.15) is 0 Å². The van der Waals surface area contributed by atoms with Crippen molar-refractivity contribution in [1.82, 2.24) is 4.90 Å². The van der Waals surface area contributed by atoms with Crippen LogP contribution in [0.25, 0.3) is 0 Å². The molecule has 2 amide bonds. The second-order valence-electron chi connectivity index (χ2n) is 5.59. The predicted molar refractivity (Wildman–Crippen MR) is 83.7 cm³/mol. The second kappa shape index (κ2) is 7.91. The fraction of sp³-hybridized carbons (Fsp3) is 0.500. The predicted octanol–water partition coefficient (Wildman–Crippen LogP) is -0.613. The third kappa shape index (κ3) is 4.54. The number of para-hydroxylation sites is 1. The Balaban J connectivity index is 1.84. The van der Waals surface area contributed by atoms with Crippen LogP contribution < -0.4 is 10.2 Å². The van der Waals surface area contributed by atoms with Crippen LogP contribution in [0.4, 0.5) is 5.69 Å². The highest BCUT2D eigenvalue weighted by atomic mass is 16.5. The highest BCUT2D eigenvalue weighted by molar-refractivity contribution is 5.93. The molecule has 1 fully saturated rings. The van der Waals surface area contributed by atoms with Crippen LogP contribution in [0.3, 0.4) is 0 Å². The lowest BCUT2D eigenvalue weighted by molar-refractivity contribution is -0.886. The molecule has 1 heterocycles. The third-order valence-corrected chi connectivity index (χ3v) is 3.97. The molecule has 1 saturated heterocycles. The summed E-state index contributed by atoms with van der Waals surface area (Å²) in [5.41, 5.74) is 0.770. The maximum atomic E-state index is 12.2. The number of nitrogens with one attached hydrogen (secondary N) is 2. The summed E-state index contributed by atoms with van der Waals surface area (Å²) >= 11 is 0. The Hall–Kier alpha value is -1.92. The van der Waals surface area contributed by atoms with Crippen molar-refractivity contribution in [1.29, 1.82) is 0 Å². The fourth-order valence-corrected chi connectivity index (χ4v) is 2.31. The smallest absolute Gasteiger partial charge is 0.282 e. The molecule has 22 heavy (non-hydrogen) atoms. The van der Waals surface area contributed by atoms with Crippen molar-refractivity contribution >= 4 is 17.5 Å². The number of benzene rings is 1. The summed E-state index contributed by atoms with van der Waals surface area (Å²) in [5, 5.41) is 2.87. The molecule has 0 radical (unpaired) electrons. The van der Waals surface area contributed by atoms with E-state index in [2.05, 4.69) is 5.32 Å². The first kappa shape index (κ1) is 16.5. The number of hydrogen-bond acceptors (Lipinski definition) is 3. The van der Waals surface area contributed by atoms with Gasteiger partial charge in [0.15, 0.2) is 12.6 Å². The Morgan fingerprint density at radius 1 is 1.27 bits per heavy atom. The van der Waals surface area contributed by atoms with Crippen molar-refractivity contribution in [3.05, 3.63) is 30.3 Å². The molecule has 2 rings (SSSR count). The van der Waals surface area contributed by atoms with Crippen LogP contribution in [0.2, 0.25) is 0 Å². The van der Waals surface area contributed by atoms with E-state index in [1.165, 1.54) is 0 Å². The molecule has 2 N–H and O–H groups in total. The number of anilines is 1. The maximum absolute atomic E-state index is 12.2. The summed E-state index contributed by atoms with van der Waals surface area (Å²) in [6.45, 7) is 4.60. The molecule has 0 spiro atoms. The van der Waals surface area contributed by atoms with Crippen molar-refractivity contribution in [2.45, 2.75) is 13.0 Å². The zero-order chi connectivity index (χ0) is 15.9. The molecule has 1 aliphatic heterocycles. The number of ether oxygens (including phenoxy) is 1. The number of carbonyl (C=O) groups is 2. The molecular formula is C16H24N3O3+. The summed E-state index contributed by atoms with van der Waals surface area (Å²) in [7, 11) is 1.87. The number of amides is 2. The normalized spacial score (nSPS) is 17.6. The first-order valence-corrected chi connectivity index (χ1v) is 7.61. The molecule has 0 saturated carbocycles. The monoisotopic (exact) mass is 306 g/mol. The molecule has 1 aromatic carbocycles. The van der Waals surface area contributed by atoms with E-state index in [-0.39, 0.29) is 17.9 Å². The first-order chi connectivity index (χ1) is 10.6. The Bertz CT molecular complexity index is 501. The Labute approximate surface area is 131 Å². The summed E-state index contributed by atoms with van der Waals surface area (Å²) < 4.78 is 5.24. The first-order valence-electron chi connectivity index (χ1n) is 7.61. The molecule has 0 aromatic heterocycles. The van der Waals surface area contributed by atoms with Gasteiger partial charge in [-0.3, -0.25) is 9.59 Å². The largest absolute Gasteiger partial charge is 0.378 e. The molecule has 6 nitrogen and oxygen atoms in total. The quantitative estimate of drug-likeness (QED) is 0.763. The minimum atomic E-state index is -0.301. The molecular weight excluding hydrogens is 282 g/mol. The van der Waals surface area contributed by atoms with Gasteiger partial charge in [-0.25, -0.2) is 0 Å². The number of morpholine rings is 1. The van der Waals surface area contributed by atoms with E-state index < -0.39 is 0 Å². The van der Waals surface area contributed by atoms with Gasteiger partial charge < -0.3 is 19.9 Å². The van der Waals surface area contributed by atoms with E-state index in [9.17, 15) is 9.59 Å². The van der Waals surface area contributed by atoms with Gasteiger partial charge >= 0.3 is 0 Å². The average Bonchev–Trinajstić information content (AvgIpc) is 2.55. The Kier molecular flexibility index (Phi) is 5.91. The van der Waals surface area contributed by atoms with Crippen LogP contribution >= 0.6 is 0 Å². The van der Waals surface area contributed by atoms with Crippen molar-refractivity contribution in [2.75, 3.05) is 45.2 Å². The van der Waals surface area contributed by atoms with Gasteiger partial charge in [0, 0.05) is 18.8 Å². The van der Waals surface area contributed by atoms with Gasteiger partial charge in [-0.15, -0.1) is 0 Å². The van der Waals surface area contributed by atoms with Crippen molar-refractivity contribution in [2.24, 2.45) is 0 Å². The van der Waals surface area contributed by atoms with Crippen LogP contribution in [0.1, 0.15) is 6.92 Å². The van der Waals surface area contributed by atoms with Gasteiger partial charge in [-0.2, -0.15) is 0 Å². The van der Waals surface area contributed by atoms with Gasteiger partial charge in [-0.05, 0) is 19.1 Å². The van der Waals surface area contributed by atoms with E-state index in [4.69, 9.17) is 4.74 Å². The van der Waals surface area contributed by atoms with Gasteiger partial charge in [0.25, 0.3) is 11.8 Å². The number of carbonyl (C=O) groups excluding carboxylic acids is 2. The number of likely N-dealkylation sites (N-methyl/N-ethyl adjacent to an activating group) is 1. The standard InChI is InChI=1S/C16H23N3O3/c1-13(16(21)17-14-6-4-3-5-7-14)18(2)12-15(20)19-8-10-22-11-9-19/h3-7,13H,8-12H2,1-2H3,(H,17,21)/p+1/t13-/m1/s1. The number of rotatable bonds is 5. The minimum absolute atomic E-state index is 0.0696. The molecule has 6 heteroatoms. The van der Waals surface area contributed by atoms with Crippen LogP contribution in [-0.4, -0.2) is 62.7 Å². The van der Waals surface area contributed by atoms with Crippen molar-refractivity contribution in [3.63, 3.8) is 0 Å². The van der Waals surface area contributed by atoms with E-state index in [1.807, 2.05) is 44.3 Å². The lowest BCUT2D eigenvalue weighted by atomic mass is 10.2. The second-order valence-corrected chi connectivity index (χ2v) is 5.59. The van der Waals surface area contributed by atoms with Crippen LogP contribution in [0.15, 0.2) is 30.3 Å². The highest BCUT2D eigenvalue weighted by Crippen LogP contribution is 2.04. The van der Waals surface area contributed by atoms with Gasteiger partial charge in [0.05, 0.1) is 20.3 Å². The average molecular weight is 306 g/mol. The Morgan fingerprint density at radius 2 is 1.91 bits per heavy atom. The van der Waals surface area contributed by atoms with Crippen LogP contribution in [-0.2, 0) is 14.3 Å². The molecule has 1 unspecified atom stereocenters. The van der Waals surface area contributed by atoms with E-state index in [0.717, 1.165) is 10.6 Å². The van der Waals surface area contributed by atoms with E-state index >= 15 is 0 Å². The zero-order valence-corrected chi connectivity index (χ0v) is 13.2. The van der Waals surface area contributed by atoms with Gasteiger partial charge in [-0.1, -0.05) is 18.2 Å². The third-order valence-electron chi connectivity index (χ3n) is 3.97. The Morgan fingerprint density at radius 3 is 2.55 bits per heavy atom. The lowest BCUT2D eigenvalue weighted by Crippen LogP contribution is -3.15. The zero-order valence-electron chi connectivity index (χ0n) is 13.2. The number of hydrogen-bond donors (Lipinski definition) is 2. The van der Waals surface area contributed by atoms with Crippen molar-refractivity contribution in [3.8, 4) is 0 Å². The van der Waals surface area contributed by atoms with E-state index in [0.29, 0.717) is 32.8 Å². The number of quaternary nitrogens is 1. The fourth-order valence-electron chi connectivity index (χ4n) is 2.31. The molecule has 120 valence electrons.